The summed E-state index contributed by atoms with van der Waals surface area (Å²) in [5.41, 5.74) is -0.534. The number of hydrogen-bond donors (Lipinski definition) is 1. The summed E-state index contributed by atoms with van der Waals surface area (Å²) in [7, 11) is 0. The molecule has 0 aromatic heterocycles. The Balaban J connectivity index is 2.79. The summed E-state index contributed by atoms with van der Waals surface area (Å²) in [5, 5.41) is 9.19. The molecular weight excluding hydrogens is 234 g/mol. The lowest BCUT2D eigenvalue weighted by molar-refractivity contribution is -0.164. The van der Waals surface area contributed by atoms with E-state index in [0.29, 0.717) is 12.8 Å². The third-order valence-corrected chi connectivity index (χ3v) is 3.32. The zero-order valence-electron chi connectivity index (χ0n) is 11.8. The summed E-state index contributed by atoms with van der Waals surface area (Å²) in [5.74, 6) is -0.662. The lowest BCUT2D eigenvalue weighted by Crippen LogP contribution is -2.53. The first-order valence-electron chi connectivity index (χ1n) is 6.37. The summed E-state index contributed by atoms with van der Waals surface area (Å²) >= 11 is 0. The second-order valence-corrected chi connectivity index (χ2v) is 6.00. The third kappa shape index (κ3) is 3.37. The van der Waals surface area contributed by atoms with Crippen molar-refractivity contribution in [2.45, 2.75) is 65.1 Å². The maximum absolute atomic E-state index is 12.1. The summed E-state index contributed by atoms with van der Waals surface area (Å²) in [6, 6.07) is -0.378. The fourth-order valence-corrected chi connectivity index (χ4v) is 2.45. The second kappa shape index (κ2) is 5.16. The topological polar surface area (TPSA) is 66.8 Å². The van der Waals surface area contributed by atoms with Gasteiger partial charge in [0.1, 0.15) is 5.60 Å². The van der Waals surface area contributed by atoms with Crippen molar-refractivity contribution in [2.24, 2.45) is 5.92 Å². The Labute approximate surface area is 108 Å². The second-order valence-electron chi connectivity index (χ2n) is 6.00. The van der Waals surface area contributed by atoms with E-state index in [1.165, 1.54) is 4.90 Å². The molecule has 1 amide bonds. The van der Waals surface area contributed by atoms with E-state index in [2.05, 4.69) is 0 Å². The first-order valence-corrected chi connectivity index (χ1v) is 6.37. The van der Waals surface area contributed by atoms with Gasteiger partial charge in [-0.3, -0.25) is 4.79 Å². The largest absolute Gasteiger partial charge is 0.465 e. The molecule has 18 heavy (non-hydrogen) atoms. The first kappa shape index (κ1) is 14.8. The molecule has 1 N–H and O–H groups in total. The van der Waals surface area contributed by atoms with Crippen molar-refractivity contribution in [1.29, 1.82) is 0 Å². The molecule has 1 heterocycles. The highest BCUT2D eigenvalue weighted by atomic mass is 16.6. The van der Waals surface area contributed by atoms with Crippen LogP contribution in [0.25, 0.3) is 0 Å². The number of carbonyl (C=O) groups excluding carboxylic acids is 1. The van der Waals surface area contributed by atoms with E-state index in [1.807, 2.05) is 27.7 Å². The minimum atomic E-state index is -0.969. The molecule has 5 heteroatoms. The Kier molecular flexibility index (Phi) is 4.24. The zero-order chi connectivity index (χ0) is 14.1. The molecule has 0 bridgehead atoms. The van der Waals surface area contributed by atoms with Crippen LogP contribution in [0, 0.1) is 5.92 Å². The van der Waals surface area contributed by atoms with E-state index in [-0.39, 0.29) is 24.0 Å². The predicted octanol–water partition coefficient (Wildman–Crippen LogP) is 2.50. The standard InChI is InChI=1S/C13H23NO4/c1-8-6-7-10(9(2)14(8)12(16)17)11(15)18-13(3,4)5/h8-10H,6-7H2,1-5H3,(H,16,17). The Hall–Kier alpha value is -1.26. The Morgan fingerprint density at radius 1 is 1.22 bits per heavy atom. The molecule has 1 saturated heterocycles. The van der Waals surface area contributed by atoms with Crippen LogP contribution in [0.5, 0.6) is 0 Å². The minimum Gasteiger partial charge on any atom is -0.465 e. The Morgan fingerprint density at radius 3 is 2.22 bits per heavy atom. The highest BCUT2D eigenvalue weighted by molar-refractivity contribution is 5.75. The van der Waals surface area contributed by atoms with Crippen LogP contribution in [0.15, 0.2) is 0 Å². The summed E-state index contributed by atoms with van der Waals surface area (Å²) in [6.45, 7) is 9.09. The Bertz CT molecular complexity index is 334. The maximum Gasteiger partial charge on any atom is 0.407 e. The van der Waals surface area contributed by atoms with E-state index in [1.54, 1.807) is 6.92 Å². The molecular formula is C13H23NO4. The molecule has 1 aliphatic heterocycles. The molecule has 0 aromatic rings. The summed E-state index contributed by atoms with van der Waals surface area (Å²) in [4.78, 5) is 24.6. The van der Waals surface area contributed by atoms with Crippen LogP contribution in [-0.2, 0) is 9.53 Å². The van der Waals surface area contributed by atoms with Crippen LogP contribution in [0.4, 0.5) is 4.79 Å². The Morgan fingerprint density at radius 2 is 1.78 bits per heavy atom. The van der Waals surface area contributed by atoms with Gasteiger partial charge in [0.2, 0.25) is 0 Å². The van der Waals surface area contributed by atoms with Gasteiger partial charge in [0, 0.05) is 12.1 Å². The van der Waals surface area contributed by atoms with Crippen molar-refractivity contribution in [1.82, 2.24) is 4.90 Å². The van der Waals surface area contributed by atoms with E-state index < -0.39 is 11.7 Å². The van der Waals surface area contributed by atoms with E-state index in [4.69, 9.17) is 4.74 Å². The molecule has 3 atom stereocenters. The third-order valence-electron chi connectivity index (χ3n) is 3.32. The van der Waals surface area contributed by atoms with Crippen LogP contribution in [0.3, 0.4) is 0 Å². The molecule has 0 spiro atoms. The van der Waals surface area contributed by atoms with Crippen LogP contribution in [0.2, 0.25) is 0 Å². The van der Waals surface area contributed by atoms with Crippen LogP contribution < -0.4 is 0 Å². The monoisotopic (exact) mass is 257 g/mol. The number of rotatable bonds is 1. The van der Waals surface area contributed by atoms with E-state index in [9.17, 15) is 14.7 Å². The molecule has 1 aliphatic rings. The van der Waals surface area contributed by atoms with Gasteiger partial charge in [0.25, 0.3) is 0 Å². The quantitative estimate of drug-likeness (QED) is 0.733. The van der Waals surface area contributed by atoms with Crippen LogP contribution in [0.1, 0.15) is 47.5 Å². The number of ether oxygens (including phenoxy) is 1. The normalized spacial score (nSPS) is 28.9. The fraction of sp³-hybridized carbons (Fsp3) is 0.846. The van der Waals surface area contributed by atoms with Gasteiger partial charge in [0.15, 0.2) is 0 Å². The zero-order valence-corrected chi connectivity index (χ0v) is 11.8. The lowest BCUT2D eigenvalue weighted by atomic mass is 9.87. The first-order chi connectivity index (χ1) is 8.13. The number of likely N-dealkylation sites (tertiary alicyclic amines) is 1. The van der Waals surface area contributed by atoms with E-state index >= 15 is 0 Å². The SMILES string of the molecule is CC1CCC(C(=O)OC(C)(C)C)C(C)N1C(=O)O. The number of carbonyl (C=O) groups is 2. The van der Waals surface area contributed by atoms with Gasteiger partial charge in [-0.1, -0.05) is 0 Å². The lowest BCUT2D eigenvalue weighted by Gasteiger charge is -2.41. The maximum atomic E-state index is 12.1. The van der Waals surface area contributed by atoms with Gasteiger partial charge >= 0.3 is 12.1 Å². The molecule has 0 aromatic carbocycles. The summed E-state index contributed by atoms with van der Waals surface area (Å²) < 4.78 is 5.35. The van der Waals surface area contributed by atoms with Gasteiger partial charge in [0.05, 0.1) is 5.92 Å². The number of esters is 1. The van der Waals surface area contributed by atoms with Crippen molar-refractivity contribution >= 4 is 12.1 Å². The predicted molar refractivity (Wildman–Crippen MR) is 67.4 cm³/mol. The molecule has 1 fully saturated rings. The number of piperidine rings is 1. The van der Waals surface area contributed by atoms with Crippen molar-refractivity contribution in [3.8, 4) is 0 Å². The number of nitrogens with zero attached hydrogens (tertiary/aromatic N) is 1. The van der Waals surface area contributed by atoms with Gasteiger partial charge in [-0.15, -0.1) is 0 Å². The molecule has 5 nitrogen and oxygen atoms in total. The minimum absolute atomic E-state index is 0.0452. The highest BCUT2D eigenvalue weighted by Crippen LogP contribution is 2.30. The van der Waals surface area contributed by atoms with Gasteiger partial charge < -0.3 is 14.7 Å². The molecule has 0 saturated carbocycles. The average molecular weight is 257 g/mol. The van der Waals surface area contributed by atoms with Crippen molar-refractivity contribution in [3.05, 3.63) is 0 Å². The van der Waals surface area contributed by atoms with Crippen LogP contribution >= 0.6 is 0 Å². The van der Waals surface area contributed by atoms with E-state index in [0.717, 1.165) is 0 Å². The fourth-order valence-electron chi connectivity index (χ4n) is 2.45. The number of amides is 1. The smallest absolute Gasteiger partial charge is 0.407 e. The van der Waals surface area contributed by atoms with Gasteiger partial charge in [-0.05, 0) is 47.5 Å². The highest BCUT2D eigenvalue weighted by Gasteiger charge is 2.40. The molecule has 104 valence electrons. The molecule has 0 radical (unpaired) electrons. The average Bonchev–Trinajstić information content (AvgIpc) is 2.13. The molecule has 1 rings (SSSR count). The van der Waals surface area contributed by atoms with Crippen molar-refractivity contribution < 1.29 is 19.4 Å². The van der Waals surface area contributed by atoms with Crippen molar-refractivity contribution in [3.63, 3.8) is 0 Å². The molecule has 3 unspecified atom stereocenters. The number of carboxylic acid groups (broad SMARTS) is 1. The van der Waals surface area contributed by atoms with Gasteiger partial charge in [-0.25, -0.2) is 4.79 Å². The van der Waals surface area contributed by atoms with Gasteiger partial charge in [-0.2, -0.15) is 0 Å². The molecule has 0 aliphatic carbocycles. The summed E-state index contributed by atoms with van der Waals surface area (Å²) in [6.07, 6.45) is 0.407. The van der Waals surface area contributed by atoms with Crippen molar-refractivity contribution in [2.75, 3.05) is 0 Å². The van der Waals surface area contributed by atoms with Crippen LogP contribution in [-0.4, -0.2) is 39.8 Å². The number of hydrogen-bond acceptors (Lipinski definition) is 3.